The number of hydrogen-bond donors (Lipinski definition) is 0. The highest BCUT2D eigenvalue weighted by molar-refractivity contribution is 7.60. The zero-order valence-corrected chi connectivity index (χ0v) is 9.89. The number of hydrogen-bond acceptors (Lipinski definition) is 3. The SMILES string of the molecule is CCC1(CC)CO[P+](C)(OC)OC1. The lowest BCUT2D eigenvalue weighted by Gasteiger charge is -2.35. The molecule has 0 amide bonds. The van der Waals surface area contributed by atoms with Crippen LogP contribution in [0.3, 0.4) is 0 Å². The van der Waals surface area contributed by atoms with Gasteiger partial charge in [0.1, 0.15) is 19.9 Å². The van der Waals surface area contributed by atoms with Gasteiger partial charge in [0.2, 0.25) is 0 Å². The van der Waals surface area contributed by atoms with Crippen molar-refractivity contribution in [3.8, 4) is 0 Å². The molecule has 1 rings (SSSR count). The Hall–Kier alpha value is 0.310. The van der Waals surface area contributed by atoms with Crippen LogP contribution in [0.2, 0.25) is 0 Å². The van der Waals surface area contributed by atoms with E-state index in [2.05, 4.69) is 13.8 Å². The van der Waals surface area contributed by atoms with Crippen molar-refractivity contribution in [1.29, 1.82) is 0 Å². The second kappa shape index (κ2) is 4.22. The lowest BCUT2D eigenvalue weighted by Crippen LogP contribution is -2.35. The first-order valence-electron chi connectivity index (χ1n) is 4.81. The molecular weight excluding hydrogens is 187 g/mol. The molecule has 0 unspecified atom stereocenters. The molecule has 1 heterocycles. The van der Waals surface area contributed by atoms with E-state index in [0.717, 1.165) is 26.1 Å². The first kappa shape index (κ1) is 11.4. The monoisotopic (exact) mass is 207 g/mol. The summed E-state index contributed by atoms with van der Waals surface area (Å²) in [7, 11) is -0.299. The van der Waals surface area contributed by atoms with Gasteiger partial charge in [0, 0.05) is 5.41 Å². The third kappa shape index (κ3) is 2.41. The van der Waals surface area contributed by atoms with Gasteiger partial charge in [-0.15, -0.1) is 0 Å². The van der Waals surface area contributed by atoms with Gasteiger partial charge in [-0.3, -0.25) is 0 Å². The Morgan fingerprint density at radius 2 is 1.69 bits per heavy atom. The van der Waals surface area contributed by atoms with E-state index >= 15 is 0 Å². The van der Waals surface area contributed by atoms with Crippen LogP contribution in [0.4, 0.5) is 0 Å². The molecule has 78 valence electrons. The van der Waals surface area contributed by atoms with E-state index in [-0.39, 0.29) is 5.41 Å². The molecule has 0 atom stereocenters. The van der Waals surface area contributed by atoms with Gasteiger partial charge in [0.15, 0.2) is 0 Å². The minimum Gasteiger partial charge on any atom is -0.182 e. The van der Waals surface area contributed by atoms with Gasteiger partial charge < -0.3 is 0 Å². The number of rotatable bonds is 3. The van der Waals surface area contributed by atoms with Crippen molar-refractivity contribution in [2.45, 2.75) is 26.7 Å². The van der Waals surface area contributed by atoms with E-state index < -0.39 is 7.94 Å². The van der Waals surface area contributed by atoms with Gasteiger partial charge in [-0.05, 0) is 12.8 Å². The van der Waals surface area contributed by atoms with Crippen molar-refractivity contribution >= 4 is 7.94 Å². The molecule has 0 N–H and O–H groups in total. The molecular formula is C9H20O3P+. The van der Waals surface area contributed by atoms with Crippen LogP contribution in [0.15, 0.2) is 0 Å². The lowest BCUT2D eigenvalue weighted by molar-refractivity contribution is -0.00455. The predicted molar refractivity (Wildman–Crippen MR) is 54.8 cm³/mol. The summed E-state index contributed by atoms with van der Waals surface area (Å²) in [5.74, 6) is 0. The van der Waals surface area contributed by atoms with Crippen LogP contribution in [-0.2, 0) is 13.6 Å². The Labute approximate surface area is 81.3 Å². The van der Waals surface area contributed by atoms with Crippen LogP contribution in [0.25, 0.3) is 0 Å². The van der Waals surface area contributed by atoms with E-state index in [1.807, 2.05) is 6.66 Å². The van der Waals surface area contributed by atoms with E-state index in [9.17, 15) is 0 Å². The van der Waals surface area contributed by atoms with Crippen LogP contribution in [-0.4, -0.2) is 27.0 Å². The fraction of sp³-hybridized carbons (Fsp3) is 1.00. The molecule has 1 aliphatic heterocycles. The van der Waals surface area contributed by atoms with Gasteiger partial charge in [-0.2, -0.15) is 13.6 Å². The average Bonchev–Trinajstić information content (AvgIpc) is 2.20. The summed E-state index contributed by atoms with van der Waals surface area (Å²) in [6.07, 6.45) is 2.21. The third-order valence-corrected chi connectivity index (χ3v) is 4.90. The van der Waals surface area contributed by atoms with Crippen molar-refractivity contribution in [2.24, 2.45) is 5.41 Å². The van der Waals surface area contributed by atoms with E-state index in [4.69, 9.17) is 13.6 Å². The normalized spacial score (nSPS) is 25.8. The van der Waals surface area contributed by atoms with Gasteiger partial charge >= 0.3 is 7.94 Å². The Balaban J connectivity index is 2.54. The fourth-order valence-electron chi connectivity index (χ4n) is 1.35. The second-order valence-corrected chi connectivity index (χ2v) is 6.13. The van der Waals surface area contributed by atoms with Gasteiger partial charge in [-0.25, -0.2) is 0 Å². The quantitative estimate of drug-likeness (QED) is 0.666. The largest absolute Gasteiger partial charge is 0.407 e. The standard InChI is InChI=1S/C9H20O3P/c1-5-9(6-2)7-11-13(4,10-3)12-8-9/h5-8H2,1-4H3/q+1. The Morgan fingerprint density at radius 3 is 2.00 bits per heavy atom. The molecule has 1 fully saturated rings. The first-order valence-corrected chi connectivity index (χ1v) is 6.80. The topological polar surface area (TPSA) is 27.7 Å². The third-order valence-electron chi connectivity index (χ3n) is 3.04. The second-order valence-electron chi connectivity index (χ2n) is 3.71. The van der Waals surface area contributed by atoms with Crippen LogP contribution in [0.1, 0.15) is 26.7 Å². The first-order chi connectivity index (χ1) is 6.10. The summed E-state index contributed by atoms with van der Waals surface area (Å²) in [6, 6.07) is 0. The zero-order chi connectivity index (χ0) is 9.95. The van der Waals surface area contributed by atoms with Crippen LogP contribution >= 0.6 is 7.94 Å². The maximum Gasteiger partial charge on any atom is 0.407 e. The Bertz CT molecular complexity index is 158. The molecule has 0 aromatic heterocycles. The van der Waals surface area contributed by atoms with Gasteiger partial charge in [0.05, 0.1) is 7.11 Å². The summed E-state index contributed by atoms with van der Waals surface area (Å²) in [5, 5.41) is 0. The zero-order valence-electron chi connectivity index (χ0n) is 9.00. The van der Waals surface area contributed by atoms with E-state index in [0.29, 0.717) is 0 Å². The maximum atomic E-state index is 5.68. The summed E-state index contributed by atoms with van der Waals surface area (Å²) in [4.78, 5) is 0. The molecule has 13 heavy (non-hydrogen) atoms. The average molecular weight is 207 g/mol. The summed E-state index contributed by atoms with van der Waals surface area (Å²) < 4.78 is 16.6. The summed E-state index contributed by atoms with van der Waals surface area (Å²) >= 11 is 0. The van der Waals surface area contributed by atoms with Crippen LogP contribution in [0.5, 0.6) is 0 Å². The molecule has 0 saturated carbocycles. The fourth-order valence-corrected chi connectivity index (χ4v) is 2.65. The highest BCUT2D eigenvalue weighted by Crippen LogP contribution is 2.62. The Morgan fingerprint density at radius 1 is 1.23 bits per heavy atom. The molecule has 0 aromatic rings. The summed E-state index contributed by atoms with van der Waals surface area (Å²) in [5.41, 5.74) is 0.220. The van der Waals surface area contributed by atoms with Crippen molar-refractivity contribution in [1.82, 2.24) is 0 Å². The molecule has 0 radical (unpaired) electrons. The smallest absolute Gasteiger partial charge is 0.182 e. The van der Waals surface area contributed by atoms with Crippen LogP contribution in [0, 0.1) is 5.41 Å². The molecule has 1 aliphatic rings. The van der Waals surface area contributed by atoms with Crippen molar-refractivity contribution in [2.75, 3.05) is 27.0 Å². The molecule has 0 aromatic carbocycles. The minimum atomic E-state index is -1.95. The maximum absolute atomic E-state index is 5.68. The van der Waals surface area contributed by atoms with Gasteiger partial charge in [-0.1, -0.05) is 13.8 Å². The minimum absolute atomic E-state index is 0.220. The highest BCUT2D eigenvalue weighted by atomic mass is 31.2. The molecule has 1 saturated heterocycles. The molecule has 0 aliphatic carbocycles. The molecule has 0 bridgehead atoms. The van der Waals surface area contributed by atoms with Crippen molar-refractivity contribution in [3.05, 3.63) is 0 Å². The van der Waals surface area contributed by atoms with Crippen molar-refractivity contribution in [3.63, 3.8) is 0 Å². The van der Waals surface area contributed by atoms with E-state index in [1.54, 1.807) is 7.11 Å². The van der Waals surface area contributed by atoms with Gasteiger partial charge in [0.25, 0.3) is 0 Å². The predicted octanol–water partition coefficient (Wildman–Crippen LogP) is 2.88. The van der Waals surface area contributed by atoms with E-state index in [1.165, 1.54) is 0 Å². The van der Waals surface area contributed by atoms with Crippen LogP contribution < -0.4 is 0 Å². The molecule has 0 spiro atoms. The molecule has 4 heteroatoms. The van der Waals surface area contributed by atoms with Crippen molar-refractivity contribution < 1.29 is 13.6 Å². The summed E-state index contributed by atoms with van der Waals surface area (Å²) in [6.45, 7) is 7.84. The lowest BCUT2D eigenvalue weighted by atomic mass is 9.84. The highest BCUT2D eigenvalue weighted by Gasteiger charge is 2.48. The Kier molecular flexibility index (Phi) is 3.70. The molecule has 3 nitrogen and oxygen atoms in total.